The first kappa shape index (κ1) is 10.3. The van der Waals surface area contributed by atoms with E-state index in [1.54, 1.807) is 7.11 Å². The molecular formula is C10H11BrO2. The molecule has 70 valence electrons. The Hall–Kier alpha value is -0.830. The van der Waals surface area contributed by atoms with Gasteiger partial charge in [-0.15, -0.1) is 0 Å². The fraction of sp³-hybridized carbons (Fsp3) is 0.300. The summed E-state index contributed by atoms with van der Waals surface area (Å²) >= 11 is 3.38. The monoisotopic (exact) mass is 242 g/mol. The Labute approximate surface area is 86.0 Å². The van der Waals surface area contributed by atoms with Gasteiger partial charge < -0.3 is 4.74 Å². The fourth-order valence-electron chi connectivity index (χ4n) is 1.29. The van der Waals surface area contributed by atoms with Crippen LogP contribution in [0.2, 0.25) is 0 Å². The van der Waals surface area contributed by atoms with Crippen LogP contribution < -0.4 is 4.74 Å². The molecule has 0 atom stereocenters. The summed E-state index contributed by atoms with van der Waals surface area (Å²) in [6.45, 7) is 3.86. The van der Waals surface area contributed by atoms with E-state index in [0.29, 0.717) is 11.3 Å². The summed E-state index contributed by atoms with van der Waals surface area (Å²) in [4.78, 5) is 10.8. The Morgan fingerprint density at radius 2 is 2.00 bits per heavy atom. The highest BCUT2D eigenvalue weighted by Crippen LogP contribution is 2.33. The average molecular weight is 243 g/mol. The molecule has 0 radical (unpaired) electrons. The first-order chi connectivity index (χ1) is 6.11. The second-order valence-electron chi connectivity index (χ2n) is 2.89. The summed E-state index contributed by atoms with van der Waals surface area (Å²) in [5.41, 5.74) is 2.62. The largest absolute Gasteiger partial charge is 0.495 e. The number of aryl methyl sites for hydroxylation is 2. The van der Waals surface area contributed by atoms with Gasteiger partial charge in [0.25, 0.3) is 0 Å². The number of methoxy groups -OCH3 is 1. The lowest BCUT2D eigenvalue weighted by Crippen LogP contribution is -1.96. The van der Waals surface area contributed by atoms with Gasteiger partial charge in [0, 0.05) is 0 Å². The van der Waals surface area contributed by atoms with Gasteiger partial charge in [0.05, 0.1) is 17.1 Å². The molecule has 13 heavy (non-hydrogen) atoms. The van der Waals surface area contributed by atoms with Crippen molar-refractivity contribution in [2.24, 2.45) is 0 Å². The molecule has 0 saturated heterocycles. The Bertz CT molecular complexity index is 345. The number of hydrogen-bond acceptors (Lipinski definition) is 2. The van der Waals surface area contributed by atoms with Gasteiger partial charge >= 0.3 is 0 Å². The maximum Gasteiger partial charge on any atom is 0.154 e. The molecular weight excluding hydrogens is 232 g/mol. The van der Waals surface area contributed by atoms with Crippen LogP contribution in [0.25, 0.3) is 0 Å². The number of carbonyl (C=O) groups is 1. The van der Waals surface area contributed by atoms with E-state index >= 15 is 0 Å². The van der Waals surface area contributed by atoms with E-state index < -0.39 is 0 Å². The molecule has 0 aromatic heterocycles. The van der Waals surface area contributed by atoms with Gasteiger partial charge in [-0.05, 0) is 40.9 Å². The van der Waals surface area contributed by atoms with Gasteiger partial charge in [-0.2, -0.15) is 0 Å². The van der Waals surface area contributed by atoms with E-state index in [0.717, 1.165) is 21.9 Å². The molecule has 0 spiro atoms. The lowest BCUT2D eigenvalue weighted by molar-refractivity contribution is 0.112. The molecule has 0 amide bonds. The maximum atomic E-state index is 10.8. The number of hydrogen-bond donors (Lipinski definition) is 0. The predicted molar refractivity (Wildman–Crippen MR) is 55.6 cm³/mol. The van der Waals surface area contributed by atoms with Crippen LogP contribution >= 0.6 is 15.9 Å². The van der Waals surface area contributed by atoms with Crippen LogP contribution in [-0.4, -0.2) is 13.4 Å². The third kappa shape index (κ3) is 1.75. The zero-order chi connectivity index (χ0) is 10.0. The van der Waals surface area contributed by atoms with E-state index in [1.165, 1.54) is 0 Å². The minimum Gasteiger partial charge on any atom is -0.495 e. The SMILES string of the molecule is COc1c(Br)c(C)cc(C)c1C=O. The second kappa shape index (κ2) is 3.92. The third-order valence-electron chi connectivity index (χ3n) is 1.97. The molecule has 0 aliphatic carbocycles. The Balaban J connectivity index is 3.50. The third-order valence-corrected chi connectivity index (χ3v) is 2.96. The van der Waals surface area contributed by atoms with E-state index in [1.807, 2.05) is 19.9 Å². The number of aldehydes is 1. The fourth-order valence-corrected chi connectivity index (χ4v) is 1.78. The molecule has 3 heteroatoms. The van der Waals surface area contributed by atoms with Gasteiger partial charge in [0.2, 0.25) is 0 Å². The van der Waals surface area contributed by atoms with Crippen LogP contribution in [0, 0.1) is 13.8 Å². The standard InChI is InChI=1S/C10H11BrO2/c1-6-4-7(2)9(11)10(13-3)8(6)5-12/h4-5H,1-3H3. The number of carbonyl (C=O) groups excluding carboxylic acids is 1. The molecule has 0 saturated carbocycles. The van der Waals surface area contributed by atoms with Gasteiger partial charge in [0.15, 0.2) is 6.29 Å². The summed E-state index contributed by atoms with van der Waals surface area (Å²) in [6.07, 6.45) is 0.818. The summed E-state index contributed by atoms with van der Waals surface area (Å²) < 4.78 is 6.00. The van der Waals surface area contributed by atoms with Crippen LogP contribution in [0.1, 0.15) is 21.5 Å². The van der Waals surface area contributed by atoms with Gasteiger partial charge in [-0.1, -0.05) is 6.07 Å². The van der Waals surface area contributed by atoms with Crippen LogP contribution in [0.4, 0.5) is 0 Å². The Morgan fingerprint density at radius 1 is 1.38 bits per heavy atom. The summed E-state index contributed by atoms with van der Waals surface area (Å²) in [7, 11) is 1.56. The summed E-state index contributed by atoms with van der Waals surface area (Å²) in [6, 6.07) is 1.95. The molecule has 0 aliphatic heterocycles. The smallest absolute Gasteiger partial charge is 0.154 e. The highest BCUT2D eigenvalue weighted by Gasteiger charge is 2.11. The van der Waals surface area contributed by atoms with Crippen LogP contribution in [0.3, 0.4) is 0 Å². The molecule has 2 nitrogen and oxygen atoms in total. The number of halogens is 1. The van der Waals surface area contributed by atoms with Crippen molar-refractivity contribution in [2.75, 3.05) is 7.11 Å². The number of ether oxygens (including phenoxy) is 1. The molecule has 1 rings (SSSR count). The zero-order valence-electron chi connectivity index (χ0n) is 7.85. The summed E-state index contributed by atoms with van der Waals surface area (Å²) in [5, 5.41) is 0. The van der Waals surface area contributed by atoms with Crippen molar-refractivity contribution in [1.82, 2.24) is 0 Å². The van der Waals surface area contributed by atoms with Gasteiger partial charge in [0.1, 0.15) is 5.75 Å². The first-order valence-corrected chi connectivity index (χ1v) is 4.70. The zero-order valence-corrected chi connectivity index (χ0v) is 9.44. The van der Waals surface area contributed by atoms with Crippen LogP contribution in [0.15, 0.2) is 10.5 Å². The van der Waals surface area contributed by atoms with E-state index in [4.69, 9.17) is 4.74 Å². The molecule has 0 N–H and O–H groups in total. The molecule has 0 fully saturated rings. The van der Waals surface area contributed by atoms with Crippen molar-refractivity contribution in [1.29, 1.82) is 0 Å². The van der Waals surface area contributed by atoms with Crippen molar-refractivity contribution < 1.29 is 9.53 Å². The van der Waals surface area contributed by atoms with Crippen molar-refractivity contribution in [3.8, 4) is 5.75 Å². The van der Waals surface area contributed by atoms with Crippen molar-refractivity contribution in [3.63, 3.8) is 0 Å². The minimum atomic E-state index is 0.611. The average Bonchev–Trinajstić information content (AvgIpc) is 2.10. The Morgan fingerprint density at radius 3 is 2.46 bits per heavy atom. The normalized spacial score (nSPS) is 9.85. The lowest BCUT2D eigenvalue weighted by Gasteiger charge is -2.11. The highest BCUT2D eigenvalue weighted by molar-refractivity contribution is 9.10. The topological polar surface area (TPSA) is 26.3 Å². The highest BCUT2D eigenvalue weighted by atomic mass is 79.9. The second-order valence-corrected chi connectivity index (χ2v) is 3.68. The molecule has 0 aliphatic rings. The van der Waals surface area contributed by atoms with Crippen LogP contribution in [-0.2, 0) is 0 Å². The van der Waals surface area contributed by atoms with Crippen molar-refractivity contribution in [3.05, 3.63) is 27.2 Å². The van der Waals surface area contributed by atoms with Crippen LogP contribution in [0.5, 0.6) is 5.75 Å². The maximum absolute atomic E-state index is 10.8. The van der Waals surface area contributed by atoms with Crippen molar-refractivity contribution >= 4 is 22.2 Å². The molecule has 1 aromatic rings. The lowest BCUT2D eigenvalue weighted by atomic mass is 10.1. The molecule has 0 bridgehead atoms. The van der Waals surface area contributed by atoms with Gasteiger partial charge in [-0.25, -0.2) is 0 Å². The minimum absolute atomic E-state index is 0.611. The van der Waals surface area contributed by atoms with Gasteiger partial charge in [-0.3, -0.25) is 4.79 Å². The summed E-state index contributed by atoms with van der Waals surface area (Å²) in [5.74, 6) is 0.618. The number of benzene rings is 1. The predicted octanol–water partition coefficient (Wildman–Crippen LogP) is 2.89. The first-order valence-electron chi connectivity index (χ1n) is 3.90. The Kier molecular flexibility index (Phi) is 3.09. The van der Waals surface area contributed by atoms with E-state index in [-0.39, 0.29) is 0 Å². The molecule has 0 heterocycles. The molecule has 0 unspecified atom stereocenters. The van der Waals surface area contributed by atoms with E-state index in [9.17, 15) is 4.79 Å². The van der Waals surface area contributed by atoms with E-state index in [2.05, 4.69) is 15.9 Å². The number of rotatable bonds is 2. The van der Waals surface area contributed by atoms with Crippen molar-refractivity contribution in [2.45, 2.75) is 13.8 Å². The quantitative estimate of drug-likeness (QED) is 0.746. The molecule has 1 aromatic carbocycles.